The van der Waals surface area contributed by atoms with Crippen molar-refractivity contribution in [3.05, 3.63) is 23.8 Å². The Morgan fingerprint density at radius 3 is 2.60 bits per heavy atom. The highest BCUT2D eigenvalue weighted by atomic mass is 16.1. The van der Waals surface area contributed by atoms with Gasteiger partial charge in [-0.05, 0) is 25.3 Å². The van der Waals surface area contributed by atoms with Crippen LogP contribution in [0.4, 0.5) is 0 Å². The van der Waals surface area contributed by atoms with E-state index in [2.05, 4.69) is 6.08 Å². The van der Waals surface area contributed by atoms with Gasteiger partial charge in [-0.15, -0.1) is 0 Å². The molecule has 0 saturated carbocycles. The van der Waals surface area contributed by atoms with Gasteiger partial charge in [0, 0.05) is 0 Å². The molecule has 0 heterocycles. The van der Waals surface area contributed by atoms with Crippen LogP contribution in [-0.2, 0) is 4.79 Å². The average molecular weight is 140 g/mol. The number of carbonyl (C=O) groups excluding carboxylic acids is 1. The monoisotopic (exact) mass is 140 g/mol. The first-order valence-corrected chi connectivity index (χ1v) is 3.17. The second-order valence-electron chi connectivity index (χ2n) is 2.21. The van der Waals surface area contributed by atoms with E-state index in [0.717, 1.165) is 18.4 Å². The van der Waals surface area contributed by atoms with Crippen molar-refractivity contribution in [1.29, 1.82) is 0 Å². The van der Waals surface area contributed by atoms with Crippen LogP contribution in [0.25, 0.3) is 0 Å². The fraction of sp³-hybridized carbons (Fsp3) is 0.375. The maximum Gasteiger partial charge on any atom is 0.155 e. The molecule has 1 rings (SSSR count). The van der Waals surface area contributed by atoms with Crippen LogP contribution in [0.1, 0.15) is 19.8 Å². The van der Waals surface area contributed by atoms with E-state index < -0.39 is 0 Å². The molecule has 0 aromatic rings. The van der Waals surface area contributed by atoms with Crippen molar-refractivity contribution in [3.63, 3.8) is 0 Å². The zero-order valence-electron chi connectivity index (χ0n) is 6.05. The van der Waals surface area contributed by atoms with Gasteiger partial charge >= 0.3 is 0 Å². The summed E-state index contributed by atoms with van der Waals surface area (Å²) in [5, 5.41) is 0. The Labute approximate surface area is 60.6 Å². The number of Topliss-reactive ketones (excluding diaryl/α,β-unsaturated/α-hetero) is 1. The molecule has 0 fully saturated rings. The number of carbonyl (C=O) groups is 1. The standard InChI is InChI=1S/C8H10O.H2O/c1-7(9)8-5-3-2-4-6-8;/h2-3,5H,4,6H2,1H3;1H2. The summed E-state index contributed by atoms with van der Waals surface area (Å²) in [4.78, 5) is 10.7. The fourth-order valence-corrected chi connectivity index (χ4v) is 0.896. The molecule has 56 valence electrons. The van der Waals surface area contributed by atoms with Crippen LogP contribution in [0.3, 0.4) is 0 Å². The molecule has 2 N–H and O–H groups in total. The van der Waals surface area contributed by atoms with E-state index in [1.54, 1.807) is 6.92 Å². The third-order valence-electron chi connectivity index (χ3n) is 1.47. The summed E-state index contributed by atoms with van der Waals surface area (Å²) in [6, 6.07) is 0. The largest absolute Gasteiger partial charge is 0.412 e. The number of hydrogen-bond acceptors (Lipinski definition) is 1. The van der Waals surface area contributed by atoms with Crippen LogP contribution in [-0.4, -0.2) is 11.3 Å². The highest BCUT2D eigenvalue weighted by Gasteiger charge is 2.02. The first-order valence-electron chi connectivity index (χ1n) is 3.17. The fourth-order valence-electron chi connectivity index (χ4n) is 0.896. The van der Waals surface area contributed by atoms with Crippen LogP contribution in [0.5, 0.6) is 0 Å². The van der Waals surface area contributed by atoms with Gasteiger partial charge in [-0.2, -0.15) is 0 Å². The van der Waals surface area contributed by atoms with Gasteiger partial charge in [-0.25, -0.2) is 0 Å². The van der Waals surface area contributed by atoms with Crippen molar-refractivity contribution >= 4 is 5.78 Å². The van der Waals surface area contributed by atoms with Crippen LogP contribution < -0.4 is 0 Å². The first-order chi connectivity index (χ1) is 4.30. The van der Waals surface area contributed by atoms with Gasteiger partial charge < -0.3 is 5.48 Å². The minimum atomic E-state index is 0. The molecule has 2 nitrogen and oxygen atoms in total. The van der Waals surface area contributed by atoms with E-state index in [0.29, 0.717) is 0 Å². The summed E-state index contributed by atoms with van der Waals surface area (Å²) in [6.45, 7) is 1.62. The van der Waals surface area contributed by atoms with Crippen molar-refractivity contribution in [3.8, 4) is 0 Å². The lowest BCUT2D eigenvalue weighted by atomic mass is 10.0. The third kappa shape index (κ3) is 2.15. The third-order valence-corrected chi connectivity index (χ3v) is 1.47. The van der Waals surface area contributed by atoms with Crippen molar-refractivity contribution in [2.24, 2.45) is 0 Å². The van der Waals surface area contributed by atoms with Gasteiger partial charge in [0.15, 0.2) is 5.78 Å². The summed E-state index contributed by atoms with van der Waals surface area (Å²) >= 11 is 0. The summed E-state index contributed by atoms with van der Waals surface area (Å²) in [5.41, 5.74) is 0.956. The Balaban J connectivity index is 0.000000810. The van der Waals surface area contributed by atoms with E-state index in [4.69, 9.17) is 0 Å². The topological polar surface area (TPSA) is 48.6 Å². The van der Waals surface area contributed by atoms with E-state index in [-0.39, 0.29) is 11.3 Å². The Kier molecular flexibility index (Phi) is 3.65. The lowest BCUT2D eigenvalue weighted by molar-refractivity contribution is -0.113. The maximum absolute atomic E-state index is 10.7. The van der Waals surface area contributed by atoms with Crippen molar-refractivity contribution in [2.45, 2.75) is 19.8 Å². The van der Waals surface area contributed by atoms with Crippen LogP contribution in [0.2, 0.25) is 0 Å². The first kappa shape index (κ1) is 9.11. The summed E-state index contributed by atoms with van der Waals surface area (Å²) < 4.78 is 0. The van der Waals surface area contributed by atoms with Crippen molar-refractivity contribution in [2.75, 3.05) is 0 Å². The summed E-state index contributed by atoms with van der Waals surface area (Å²) in [6.07, 6.45) is 7.86. The number of hydrogen-bond donors (Lipinski definition) is 0. The van der Waals surface area contributed by atoms with E-state index in [9.17, 15) is 4.79 Å². The molecule has 0 spiro atoms. The smallest absolute Gasteiger partial charge is 0.155 e. The van der Waals surface area contributed by atoms with Gasteiger partial charge in [0.1, 0.15) is 0 Å². The molecule has 0 bridgehead atoms. The van der Waals surface area contributed by atoms with Gasteiger partial charge in [0.05, 0.1) is 0 Å². The lowest BCUT2D eigenvalue weighted by Gasteiger charge is -2.02. The van der Waals surface area contributed by atoms with E-state index in [1.165, 1.54) is 0 Å². The van der Waals surface area contributed by atoms with E-state index in [1.807, 2.05) is 12.2 Å². The molecule has 0 amide bonds. The molecular weight excluding hydrogens is 128 g/mol. The highest BCUT2D eigenvalue weighted by molar-refractivity contribution is 5.93. The Bertz CT molecular complexity index is 178. The van der Waals surface area contributed by atoms with Crippen LogP contribution >= 0.6 is 0 Å². The van der Waals surface area contributed by atoms with Crippen molar-refractivity contribution in [1.82, 2.24) is 0 Å². The van der Waals surface area contributed by atoms with Gasteiger partial charge in [-0.1, -0.05) is 18.2 Å². The molecule has 0 aromatic carbocycles. The van der Waals surface area contributed by atoms with Crippen LogP contribution in [0, 0.1) is 0 Å². The summed E-state index contributed by atoms with van der Waals surface area (Å²) in [7, 11) is 0. The predicted octanol–water partition coefficient (Wildman–Crippen LogP) is 1.03. The Morgan fingerprint density at radius 1 is 1.60 bits per heavy atom. The quantitative estimate of drug-likeness (QED) is 0.536. The molecule has 1 aliphatic rings. The Morgan fingerprint density at radius 2 is 2.30 bits per heavy atom. The zero-order valence-corrected chi connectivity index (χ0v) is 6.05. The number of allylic oxidation sites excluding steroid dienone is 4. The maximum atomic E-state index is 10.7. The predicted molar refractivity (Wildman–Crippen MR) is 40.8 cm³/mol. The molecular formula is C8H12O2. The lowest BCUT2D eigenvalue weighted by Crippen LogP contribution is -1.97. The average Bonchev–Trinajstić information content (AvgIpc) is 1.90. The molecule has 10 heavy (non-hydrogen) atoms. The molecule has 0 saturated heterocycles. The molecule has 2 heteroatoms. The minimum Gasteiger partial charge on any atom is -0.412 e. The second-order valence-corrected chi connectivity index (χ2v) is 2.21. The van der Waals surface area contributed by atoms with Crippen molar-refractivity contribution < 1.29 is 10.3 Å². The second kappa shape index (κ2) is 4.01. The molecule has 0 aliphatic heterocycles. The van der Waals surface area contributed by atoms with E-state index >= 15 is 0 Å². The highest BCUT2D eigenvalue weighted by Crippen LogP contribution is 2.11. The summed E-state index contributed by atoms with van der Waals surface area (Å²) in [5.74, 6) is 0.208. The minimum absolute atomic E-state index is 0. The molecule has 0 radical (unpaired) electrons. The Hall–Kier alpha value is -0.890. The number of ketones is 1. The molecule has 0 unspecified atom stereocenters. The molecule has 0 atom stereocenters. The van der Waals surface area contributed by atoms with Gasteiger partial charge in [0.25, 0.3) is 0 Å². The van der Waals surface area contributed by atoms with Crippen LogP contribution in [0.15, 0.2) is 23.8 Å². The van der Waals surface area contributed by atoms with Gasteiger partial charge in [-0.3, -0.25) is 4.79 Å². The normalized spacial score (nSPS) is 15.5. The molecule has 1 aliphatic carbocycles. The SMILES string of the molecule is CC(=O)C1=CC=CCC1.O. The van der Waals surface area contributed by atoms with Gasteiger partial charge in [0.2, 0.25) is 0 Å². The molecule has 0 aromatic heterocycles. The number of rotatable bonds is 1. The zero-order chi connectivity index (χ0) is 6.69.